The molecule has 0 bridgehead atoms. The molecule has 1 aliphatic carbocycles. The molecule has 3 aromatic rings. The fraction of sp³-hybridized carbons (Fsp3) is 0.348. The van der Waals surface area contributed by atoms with Gasteiger partial charge < -0.3 is 14.6 Å². The molecule has 2 atom stereocenters. The van der Waals surface area contributed by atoms with Gasteiger partial charge >= 0.3 is 5.97 Å². The lowest BCUT2D eigenvalue weighted by Gasteiger charge is -2.29. The van der Waals surface area contributed by atoms with Crippen LogP contribution in [0.5, 0.6) is 0 Å². The van der Waals surface area contributed by atoms with E-state index in [-0.39, 0.29) is 18.6 Å². The van der Waals surface area contributed by atoms with Crippen LogP contribution in [0.25, 0.3) is 22.2 Å². The van der Waals surface area contributed by atoms with Crippen molar-refractivity contribution in [3.63, 3.8) is 0 Å². The number of rotatable bonds is 5. The van der Waals surface area contributed by atoms with Crippen molar-refractivity contribution in [3.05, 3.63) is 54.1 Å². The van der Waals surface area contributed by atoms with Crippen LogP contribution in [0, 0.1) is 5.92 Å². The van der Waals surface area contributed by atoms with Gasteiger partial charge in [-0.3, -0.25) is 4.79 Å². The molecule has 0 radical (unpaired) electrons. The first-order valence-electron chi connectivity index (χ1n) is 10.0. The highest BCUT2D eigenvalue weighted by molar-refractivity contribution is 5.99. The molecule has 1 aromatic heterocycles. The van der Waals surface area contributed by atoms with Gasteiger partial charge in [0.2, 0.25) is 0 Å². The van der Waals surface area contributed by atoms with Gasteiger partial charge in [-0.1, -0.05) is 55.3 Å². The Morgan fingerprint density at radius 3 is 2.72 bits per heavy atom. The van der Waals surface area contributed by atoms with E-state index in [1.807, 2.05) is 30.3 Å². The van der Waals surface area contributed by atoms with E-state index >= 15 is 0 Å². The lowest BCUT2D eigenvalue weighted by molar-refractivity contribution is -0.125. The Morgan fingerprint density at radius 1 is 1.14 bits per heavy atom. The maximum absolute atomic E-state index is 12.5. The molecule has 2 aromatic carbocycles. The van der Waals surface area contributed by atoms with Gasteiger partial charge in [-0.05, 0) is 37.0 Å². The number of esters is 1. The molecule has 1 saturated carbocycles. The second kappa shape index (κ2) is 8.47. The number of fused-ring (bicyclic) bond motifs is 1. The summed E-state index contributed by atoms with van der Waals surface area (Å²) in [5, 5.41) is 7.77. The summed E-state index contributed by atoms with van der Waals surface area (Å²) in [6.07, 6.45) is 4.43. The zero-order valence-corrected chi connectivity index (χ0v) is 16.4. The number of ether oxygens (including phenoxy) is 1. The number of amides is 1. The normalized spacial score (nSPS) is 19.1. The summed E-state index contributed by atoms with van der Waals surface area (Å²) in [5.74, 6) is 0.252. The molecule has 1 amide bonds. The Bertz CT molecular complexity index is 1010. The predicted molar refractivity (Wildman–Crippen MR) is 109 cm³/mol. The van der Waals surface area contributed by atoms with Crippen molar-refractivity contribution in [3.8, 4) is 11.3 Å². The maximum Gasteiger partial charge on any atom is 0.338 e. The van der Waals surface area contributed by atoms with Crippen molar-refractivity contribution in [2.45, 2.75) is 38.6 Å². The van der Waals surface area contributed by atoms with Gasteiger partial charge in [-0.15, -0.1) is 0 Å². The van der Waals surface area contributed by atoms with E-state index in [1.54, 1.807) is 18.2 Å². The van der Waals surface area contributed by atoms with Gasteiger partial charge in [-0.25, -0.2) is 4.79 Å². The molecule has 0 unspecified atom stereocenters. The van der Waals surface area contributed by atoms with Crippen molar-refractivity contribution in [2.75, 3.05) is 6.61 Å². The highest BCUT2D eigenvalue weighted by Gasteiger charge is 2.23. The van der Waals surface area contributed by atoms with E-state index in [0.717, 1.165) is 30.2 Å². The third-order valence-electron chi connectivity index (χ3n) is 5.54. The molecule has 0 aliphatic heterocycles. The van der Waals surface area contributed by atoms with Crippen molar-refractivity contribution < 1.29 is 18.8 Å². The first kappa shape index (κ1) is 19.2. The van der Waals surface area contributed by atoms with E-state index in [2.05, 4.69) is 17.4 Å². The molecule has 6 heteroatoms. The number of carbonyl (C=O) groups is 2. The number of nitrogens with one attached hydrogen (secondary N) is 1. The van der Waals surface area contributed by atoms with Gasteiger partial charge in [0.05, 0.1) is 10.9 Å². The molecule has 29 heavy (non-hydrogen) atoms. The quantitative estimate of drug-likeness (QED) is 0.653. The zero-order valence-electron chi connectivity index (χ0n) is 16.4. The first-order chi connectivity index (χ1) is 14.1. The van der Waals surface area contributed by atoms with Gasteiger partial charge in [0.1, 0.15) is 5.52 Å². The van der Waals surface area contributed by atoms with Crippen LogP contribution in [0.15, 0.2) is 53.1 Å². The largest absolute Gasteiger partial charge is 0.452 e. The minimum Gasteiger partial charge on any atom is -0.452 e. The predicted octanol–water partition coefficient (Wildman–Crippen LogP) is 4.35. The average molecular weight is 392 g/mol. The summed E-state index contributed by atoms with van der Waals surface area (Å²) in [6, 6.07) is 14.8. The van der Waals surface area contributed by atoms with Crippen LogP contribution in [0.3, 0.4) is 0 Å². The standard InChI is InChI=1S/C23H24N2O4/c1-15-7-5-6-10-19(15)24-21(26)14-28-23(27)17-11-12-20-18(13-17)22(29-25-20)16-8-3-2-4-9-16/h2-4,8-9,11-13,15,19H,5-7,10,14H2,1H3,(H,24,26)/t15-,19+/m1/s1. The molecule has 0 spiro atoms. The number of nitrogens with zero attached hydrogens (tertiary/aromatic N) is 1. The molecule has 1 aliphatic rings. The molecular formula is C23H24N2O4. The Morgan fingerprint density at radius 2 is 1.93 bits per heavy atom. The molecular weight excluding hydrogens is 368 g/mol. The van der Waals surface area contributed by atoms with E-state index in [4.69, 9.17) is 9.26 Å². The third kappa shape index (κ3) is 4.31. The second-order valence-electron chi connectivity index (χ2n) is 7.62. The van der Waals surface area contributed by atoms with E-state index in [0.29, 0.717) is 22.8 Å². The summed E-state index contributed by atoms with van der Waals surface area (Å²) in [7, 11) is 0. The summed E-state index contributed by atoms with van der Waals surface area (Å²) < 4.78 is 10.7. The number of hydrogen-bond acceptors (Lipinski definition) is 5. The fourth-order valence-electron chi connectivity index (χ4n) is 3.86. The van der Waals surface area contributed by atoms with Crippen LogP contribution in [-0.2, 0) is 9.53 Å². The summed E-state index contributed by atoms with van der Waals surface area (Å²) in [6.45, 7) is 1.86. The lowest BCUT2D eigenvalue weighted by atomic mass is 9.86. The summed E-state index contributed by atoms with van der Waals surface area (Å²) in [4.78, 5) is 24.7. The molecule has 6 nitrogen and oxygen atoms in total. The number of aromatic nitrogens is 1. The Labute approximate surface area is 169 Å². The van der Waals surface area contributed by atoms with Crippen molar-refractivity contribution in [1.82, 2.24) is 10.5 Å². The van der Waals surface area contributed by atoms with E-state index in [1.165, 1.54) is 6.42 Å². The molecule has 150 valence electrons. The maximum atomic E-state index is 12.5. The number of hydrogen-bond donors (Lipinski definition) is 1. The van der Waals surface area contributed by atoms with Gasteiger partial charge in [0, 0.05) is 11.6 Å². The summed E-state index contributed by atoms with van der Waals surface area (Å²) in [5.41, 5.74) is 1.89. The highest BCUT2D eigenvalue weighted by atomic mass is 16.5. The van der Waals surface area contributed by atoms with E-state index < -0.39 is 5.97 Å². The van der Waals surface area contributed by atoms with Crippen LogP contribution >= 0.6 is 0 Å². The van der Waals surface area contributed by atoms with Gasteiger partial charge in [-0.2, -0.15) is 0 Å². The van der Waals surface area contributed by atoms with Crippen LogP contribution in [0.2, 0.25) is 0 Å². The van der Waals surface area contributed by atoms with Crippen LogP contribution < -0.4 is 5.32 Å². The van der Waals surface area contributed by atoms with Crippen LogP contribution in [0.1, 0.15) is 43.0 Å². The monoisotopic (exact) mass is 392 g/mol. The Hall–Kier alpha value is -3.15. The molecule has 1 heterocycles. The minimum absolute atomic E-state index is 0.164. The Kier molecular flexibility index (Phi) is 5.60. The summed E-state index contributed by atoms with van der Waals surface area (Å²) >= 11 is 0. The van der Waals surface area contributed by atoms with Crippen molar-refractivity contribution in [2.24, 2.45) is 5.92 Å². The SMILES string of the molecule is C[C@@H]1CCCC[C@@H]1NC(=O)COC(=O)c1ccc2noc(-c3ccccc3)c2c1. The molecule has 0 saturated heterocycles. The third-order valence-corrected chi connectivity index (χ3v) is 5.54. The van der Waals surface area contributed by atoms with Crippen molar-refractivity contribution in [1.29, 1.82) is 0 Å². The highest BCUT2D eigenvalue weighted by Crippen LogP contribution is 2.29. The second-order valence-corrected chi connectivity index (χ2v) is 7.62. The molecule has 4 rings (SSSR count). The van der Waals surface area contributed by atoms with Crippen LogP contribution in [-0.4, -0.2) is 29.7 Å². The van der Waals surface area contributed by atoms with Crippen molar-refractivity contribution >= 4 is 22.8 Å². The molecule has 1 N–H and O–H groups in total. The minimum atomic E-state index is -0.543. The topological polar surface area (TPSA) is 81.4 Å². The molecule has 1 fully saturated rings. The van der Waals surface area contributed by atoms with Gasteiger partial charge in [0.25, 0.3) is 5.91 Å². The zero-order chi connectivity index (χ0) is 20.2. The Balaban J connectivity index is 1.42. The first-order valence-corrected chi connectivity index (χ1v) is 10.0. The van der Waals surface area contributed by atoms with E-state index in [9.17, 15) is 9.59 Å². The number of benzene rings is 2. The lowest BCUT2D eigenvalue weighted by Crippen LogP contribution is -2.42. The van der Waals surface area contributed by atoms with Crippen LogP contribution in [0.4, 0.5) is 0 Å². The average Bonchev–Trinajstić information content (AvgIpc) is 3.17. The van der Waals surface area contributed by atoms with Gasteiger partial charge in [0.15, 0.2) is 12.4 Å². The number of carbonyl (C=O) groups excluding carboxylic acids is 2. The fourth-order valence-corrected chi connectivity index (χ4v) is 3.86. The smallest absolute Gasteiger partial charge is 0.338 e.